The minimum Gasteiger partial charge on any atom is -0.493 e. The SMILES string of the molecule is CCOc1cc(C(Cc2c(Cl)cncc2Cl)OC(=O)c2ccc(CNC(C(=O)OCC3CCN(C)CC3)c3ccccc3)s2)ccc1OC. The summed E-state index contributed by atoms with van der Waals surface area (Å²) in [6.45, 7) is 5.08. The molecule has 2 aromatic heterocycles. The van der Waals surface area contributed by atoms with Gasteiger partial charge in [-0.2, -0.15) is 0 Å². The van der Waals surface area contributed by atoms with Crippen LogP contribution in [0.1, 0.15) is 63.2 Å². The van der Waals surface area contributed by atoms with Crippen LogP contribution in [0.15, 0.2) is 73.1 Å². The molecule has 9 nitrogen and oxygen atoms in total. The van der Waals surface area contributed by atoms with Gasteiger partial charge in [0.15, 0.2) is 11.5 Å². The third-order valence-electron chi connectivity index (χ3n) is 8.46. The average molecular weight is 727 g/mol. The van der Waals surface area contributed by atoms with Gasteiger partial charge >= 0.3 is 11.9 Å². The van der Waals surface area contributed by atoms with Crippen LogP contribution >= 0.6 is 34.5 Å². The Bertz CT molecular complexity index is 1680. The van der Waals surface area contributed by atoms with Crippen LogP contribution in [0.4, 0.5) is 0 Å². The summed E-state index contributed by atoms with van der Waals surface area (Å²) in [5, 5.41) is 4.09. The van der Waals surface area contributed by atoms with Gasteiger partial charge in [0.05, 0.1) is 30.4 Å². The van der Waals surface area contributed by atoms with E-state index in [1.54, 1.807) is 25.3 Å². The third-order valence-corrected chi connectivity index (χ3v) is 10.2. The van der Waals surface area contributed by atoms with Crippen molar-refractivity contribution < 1.29 is 28.5 Å². The highest BCUT2D eigenvalue weighted by Crippen LogP contribution is 2.36. The minimum atomic E-state index is -0.750. The zero-order valence-electron chi connectivity index (χ0n) is 27.8. The van der Waals surface area contributed by atoms with E-state index < -0.39 is 18.1 Å². The molecule has 12 heteroatoms. The maximum atomic E-state index is 13.6. The van der Waals surface area contributed by atoms with Crippen LogP contribution in [-0.4, -0.2) is 62.3 Å². The van der Waals surface area contributed by atoms with Crippen molar-refractivity contribution in [3.05, 3.63) is 110 Å². The molecule has 49 heavy (non-hydrogen) atoms. The number of carbonyl (C=O) groups excluding carboxylic acids is 2. The molecule has 0 saturated carbocycles. The third kappa shape index (κ3) is 9.95. The molecular formula is C37H41Cl2N3O6S. The second-order valence-electron chi connectivity index (χ2n) is 11.9. The summed E-state index contributed by atoms with van der Waals surface area (Å²) >= 11 is 14.2. The topological polar surface area (TPSA) is 99.2 Å². The Hall–Kier alpha value is -3.67. The maximum absolute atomic E-state index is 13.6. The Morgan fingerprint density at radius 2 is 1.73 bits per heavy atom. The summed E-state index contributed by atoms with van der Waals surface area (Å²) in [7, 11) is 3.68. The highest BCUT2D eigenvalue weighted by Gasteiger charge is 2.26. The van der Waals surface area contributed by atoms with Crippen LogP contribution in [-0.2, 0) is 27.2 Å². The van der Waals surface area contributed by atoms with E-state index in [0.29, 0.717) is 63.2 Å². The summed E-state index contributed by atoms with van der Waals surface area (Å²) in [6, 6.07) is 17.8. The number of hydrogen-bond donors (Lipinski definition) is 1. The smallest absolute Gasteiger partial charge is 0.348 e. The van der Waals surface area contributed by atoms with E-state index in [2.05, 4.69) is 22.2 Å². The van der Waals surface area contributed by atoms with Crippen molar-refractivity contribution in [2.45, 2.75) is 44.9 Å². The van der Waals surface area contributed by atoms with E-state index in [1.165, 1.54) is 23.7 Å². The molecule has 1 N–H and O–H groups in total. The fourth-order valence-electron chi connectivity index (χ4n) is 5.68. The van der Waals surface area contributed by atoms with Crippen LogP contribution < -0.4 is 14.8 Å². The molecule has 2 aromatic carbocycles. The molecule has 0 aliphatic carbocycles. The van der Waals surface area contributed by atoms with Crippen LogP contribution in [0.5, 0.6) is 11.5 Å². The first kappa shape index (κ1) is 36.6. The number of halogens is 2. The number of carbonyl (C=O) groups is 2. The lowest BCUT2D eigenvalue weighted by molar-refractivity contribution is -0.148. The van der Waals surface area contributed by atoms with Crippen molar-refractivity contribution in [3.63, 3.8) is 0 Å². The number of piperidine rings is 1. The first-order chi connectivity index (χ1) is 23.7. The number of esters is 2. The number of methoxy groups -OCH3 is 1. The lowest BCUT2D eigenvalue weighted by Crippen LogP contribution is -2.34. The van der Waals surface area contributed by atoms with Gasteiger partial charge in [0.1, 0.15) is 17.0 Å². The summed E-state index contributed by atoms with van der Waals surface area (Å²) in [5.41, 5.74) is 2.11. The second kappa shape index (κ2) is 17.8. The molecule has 260 valence electrons. The van der Waals surface area contributed by atoms with Crippen LogP contribution in [0.2, 0.25) is 10.0 Å². The van der Waals surface area contributed by atoms with Crippen molar-refractivity contribution >= 4 is 46.5 Å². The number of ether oxygens (including phenoxy) is 4. The zero-order valence-corrected chi connectivity index (χ0v) is 30.2. The van der Waals surface area contributed by atoms with Gasteiger partial charge in [0.25, 0.3) is 0 Å². The zero-order chi connectivity index (χ0) is 34.8. The van der Waals surface area contributed by atoms with Crippen molar-refractivity contribution in [1.29, 1.82) is 0 Å². The molecule has 1 aliphatic rings. The molecule has 0 bridgehead atoms. The number of pyridine rings is 1. The van der Waals surface area contributed by atoms with Crippen LogP contribution in [0, 0.1) is 5.92 Å². The molecule has 2 unspecified atom stereocenters. The summed E-state index contributed by atoms with van der Waals surface area (Å²) < 4.78 is 23.2. The normalized spacial score (nSPS) is 15.0. The highest BCUT2D eigenvalue weighted by atomic mass is 35.5. The van der Waals surface area contributed by atoms with Gasteiger partial charge in [0, 0.05) is 30.2 Å². The van der Waals surface area contributed by atoms with Gasteiger partial charge in [-0.15, -0.1) is 11.3 Å². The molecule has 5 rings (SSSR count). The summed E-state index contributed by atoms with van der Waals surface area (Å²) in [5.74, 6) is 0.626. The largest absolute Gasteiger partial charge is 0.493 e. The van der Waals surface area contributed by atoms with Crippen molar-refractivity contribution in [1.82, 2.24) is 15.2 Å². The van der Waals surface area contributed by atoms with Gasteiger partial charge in [-0.25, -0.2) is 9.59 Å². The predicted octanol–water partition coefficient (Wildman–Crippen LogP) is 7.71. The molecule has 0 radical (unpaired) electrons. The molecule has 4 aromatic rings. The second-order valence-corrected chi connectivity index (χ2v) is 13.9. The first-order valence-corrected chi connectivity index (χ1v) is 17.8. The molecule has 0 spiro atoms. The predicted molar refractivity (Wildman–Crippen MR) is 192 cm³/mol. The van der Waals surface area contributed by atoms with Crippen molar-refractivity contribution in [2.75, 3.05) is 40.5 Å². The molecule has 1 saturated heterocycles. The van der Waals surface area contributed by atoms with E-state index in [-0.39, 0.29) is 12.4 Å². The van der Waals surface area contributed by atoms with Gasteiger partial charge in [0.2, 0.25) is 0 Å². The standard InChI is InChI=1S/C37H41Cl2N3O6S/c1-4-46-33-18-26(10-12-31(33)45-3)32(19-28-29(38)21-40-22-30(28)39)48-36(43)34-13-11-27(49-34)20-41-35(25-8-6-5-7-9-25)37(44)47-23-24-14-16-42(2)17-15-24/h5-13,18,21-22,24,32,35,41H,4,14-17,19-20,23H2,1-3H3. The van der Waals surface area contributed by atoms with E-state index in [0.717, 1.165) is 36.4 Å². The van der Waals surface area contributed by atoms with E-state index >= 15 is 0 Å². The molecule has 1 fully saturated rings. The van der Waals surface area contributed by atoms with Crippen LogP contribution in [0.3, 0.4) is 0 Å². The highest BCUT2D eigenvalue weighted by molar-refractivity contribution is 7.13. The van der Waals surface area contributed by atoms with Gasteiger partial charge in [-0.1, -0.05) is 59.6 Å². The lowest BCUT2D eigenvalue weighted by atomic mass is 9.98. The maximum Gasteiger partial charge on any atom is 0.348 e. The number of nitrogens with zero attached hydrogens (tertiary/aromatic N) is 2. The average Bonchev–Trinajstić information content (AvgIpc) is 3.59. The molecule has 0 amide bonds. The van der Waals surface area contributed by atoms with E-state index in [1.807, 2.05) is 49.4 Å². The number of hydrogen-bond acceptors (Lipinski definition) is 10. The van der Waals surface area contributed by atoms with E-state index in [4.69, 9.17) is 42.1 Å². The summed E-state index contributed by atoms with van der Waals surface area (Å²) in [4.78, 5) is 34.6. The monoisotopic (exact) mass is 725 g/mol. The number of rotatable bonds is 15. The fraction of sp³-hybridized carbons (Fsp3) is 0.378. The summed E-state index contributed by atoms with van der Waals surface area (Å²) in [6.07, 6.45) is 4.50. The van der Waals surface area contributed by atoms with Gasteiger partial charge in [-0.3, -0.25) is 10.3 Å². The Labute approximate surface area is 301 Å². The Balaban J connectivity index is 1.29. The number of thiophene rings is 1. The number of benzene rings is 2. The fourth-order valence-corrected chi connectivity index (χ4v) is 7.04. The van der Waals surface area contributed by atoms with Gasteiger partial charge in [-0.05, 0) is 86.8 Å². The number of likely N-dealkylation sites (tertiary alicyclic amines) is 1. The van der Waals surface area contributed by atoms with Crippen molar-refractivity contribution in [2.24, 2.45) is 5.92 Å². The minimum absolute atomic E-state index is 0.210. The number of nitrogens with one attached hydrogen (secondary N) is 1. The van der Waals surface area contributed by atoms with E-state index in [9.17, 15) is 9.59 Å². The Morgan fingerprint density at radius 3 is 2.43 bits per heavy atom. The molecule has 2 atom stereocenters. The molecule has 3 heterocycles. The molecule has 1 aliphatic heterocycles. The quantitative estimate of drug-likeness (QED) is 0.124. The number of aromatic nitrogens is 1. The van der Waals surface area contributed by atoms with Gasteiger partial charge < -0.3 is 23.8 Å². The van der Waals surface area contributed by atoms with Crippen LogP contribution in [0.25, 0.3) is 0 Å². The van der Waals surface area contributed by atoms with Crippen molar-refractivity contribution in [3.8, 4) is 11.5 Å². The molecular weight excluding hydrogens is 685 g/mol. The Kier molecular flexibility index (Phi) is 13.3. The first-order valence-electron chi connectivity index (χ1n) is 16.3. The Morgan fingerprint density at radius 1 is 1.00 bits per heavy atom. The lowest BCUT2D eigenvalue weighted by Gasteiger charge is -2.29.